The lowest BCUT2D eigenvalue weighted by atomic mass is 9.88. The lowest BCUT2D eigenvalue weighted by Gasteiger charge is -2.22. The van der Waals surface area contributed by atoms with Gasteiger partial charge in [-0.3, -0.25) is 4.79 Å². The number of nitrogens with one attached hydrogen (secondary N) is 1. The summed E-state index contributed by atoms with van der Waals surface area (Å²) in [7, 11) is 0. The fourth-order valence-corrected chi connectivity index (χ4v) is 2.04. The summed E-state index contributed by atoms with van der Waals surface area (Å²) >= 11 is 0. The summed E-state index contributed by atoms with van der Waals surface area (Å²) in [4.78, 5) is 22.6. The van der Waals surface area contributed by atoms with E-state index in [0.29, 0.717) is 0 Å². The fourth-order valence-electron chi connectivity index (χ4n) is 2.04. The van der Waals surface area contributed by atoms with E-state index in [-0.39, 0.29) is 18.2 Å². The van der Waals surface area contributed by atoms with Gasteiger partial charge in [0.05, 0.1) is 0 Å². The van der Waals surface area contributed by atoms with Gasteiger partial charge < -0.3 is 10.4 Å². The molecule has 2 N–H and O–H groups in total. The number of hydrogen-bond acceptors (Lipinski definition) is 2. The molecule has 0 unspecified atom stereocenters. The third-order valence-electron chi connectivity index (χ3n) is 2.99. The largest absolute Gasteiger partial charge is 0.480 e. The minimum absolute atomic E-state index is 0.000385. The second-order valence-electron chi connectivity index (χ2n) is 4.26. The minimum Gasteiger partial charge on any atom is -0.480 e. The molecule has 0 saturated heterocycles. The molecule has 1 saturated carbocycles. The summed E-state index contributed by atoms with van der Waals surface area (Å²) in [5, 5.41) is 11.5. The van der Waals surface area contributed by atoms with E-state index in [9.17, 15) is 9.59 Å². The van der Waals surface area contributed by atoms with Crippen LogP contribution in [0.15, 0.2) is 12.7 Å². The van der Waals surface area contributed by atoms with E-state index in [1.165, 1.54) is 12.5 Å². The van der Waals surface area contributed by atoms with Gasteiger partial charge in [-0.1, -0.05) is 25.3 Å². The van der Waals surface area contributed by atoms with Gasteiger partial charge in [-0.25, -0.2) is 4.79 Å². The molecule has 1 atom stereocenters. The van der Waals surface area contributed by atoms with Crippen LogP contribution in [-0.2, 0) is 9.59 Å². The topological polar surface area (TPSA) is 66.4 Å². The van der Waals surface area contributed by atoms with Crippen molar-refractivity contribution < 1.29 is 14.7 Å². The summed E-state index contributed by atoms with van der Waals surface area (Å²) in [5.41, 5.74) is 0. The Bertz CT molecular complexity index is 269. The van der Waals surface area contributed by atoms with Crippen molar-refractivity contribution >= 4 is 11.9 Å². The molecule has 0 bridgehead atoms. The molecule has 1 aliphatic carbocycles. The van der Waals surface area contributed by atoms with Crippen LogP contribution in [0, 0.1) is 5.92 Å². The summed E-state index contributed by atoms with van der Waals surface area (Å²) in [6.45, 7) is 3.49. The van der Waals surface area contributed by atoms with Gasteiger partial charge in [0.15, 0.2) is 0 Å². The van der Waals surface area contributed by atoms with E-state index >= 15 is 0 Å². The minimum atomic E-state index is -0.996. The van der Waals surface area contributed by atoms with Gasteiger partial charge in [0.25, 0.3) is 0 Å². The quantitative estimate of drug-likeness (QED) is 0.700. The number of aliphatic carboxylic acids is 1. The second-order valence-corrected chi connectivity index (χ2v) is 4.26. The molecular weight excluding hydrogens is 206 g/mol. The summed E-state index contributed by atoms with van der Waals surface area (Å²) in [6, 6.07) is -0.827. The average Bonchev–Trinajstić information content (AvgIpc) is 2.29. The standard InChI is InChI=1S/C12H19NO3/c1-2-6-10(12(15)16)13-11(14)9-7-4-3-5-8-9/h2,9-10H,1,3-8H2,(H,13,14)(H,15,16)/t10-/m1/s1. The molecule has 1 amide bonds. The molecule has 0 heterocycles. The zero-order valence-electron chi connectivity index (χ0n) is 9.45. The highest BCUT2D eigenvalue weighted by Gasteiger charge is 2.25. The summed E-state index contributed by atoms with van der Waals surface area (Å²) in [5.74, 6) is -1.11. The van der Waals surface area contributed by atoms with Crippen molar-refractivity contribution in [1.82, 2.24) is 5.32 Å². The monoisotopic (exact) mass is 225 g/mol. The van der Waals surface area contributed by atoms with Gasteiger partial charge in [-0.15, -0.1) is 6.58 Å². The van der Waals surface area contributed by atoms with E-state index in [1.54, 1.807) is 0 Å². The van der Waals surface area contributed by atoms with Gasteiger partial charge >= 0.3 is 5.97 Å². The van der Waals surface area contributed by atoms with Crippen molar-refractivity contribution in [2.45, 2.75) is 44.6 Å². The molecule has 4 heteroatoms. The molecule has 0 radical (unpaired) electrons. The van der Waals surface area contributed by atoms with Crippen molar-refractivity contribution in [3.63, 3.8) is 0 Å². The highest BCUT2D eigenvalue weighted by Crippen LogP contribution is 2.23. The van der Waals surface area contributed by atoms with E-state index in [0.717, 1.165) is 25.7 Å². The van der Waals surface area contributed by atoms with Crippen LogP contribution in [0.5, 0.6) is 0 Å². The molecule has 4 nitrogen and oxygen atoms in total. The van der Waals surface area contributed by atoms with Gasteiger partial charge in [-0.2, -0.15) is 0 Å². The van der Waals surface area contributed by atoms with Gasteiger partial charge in [0.2, 0.25) is 5.91 Å². The van der Waals surface area contributed by atoms with Crippen molar-refractivity contribution in [2.75, 3.05) is 0 Å². The Morgan fingerprint density at radius 2 is 2.00 bits per heavy atom. The maximum absolute atomic E-state index is 11.8. The van der Waals surface area contributed by atoms with Crippen LogP contribution in [0.1, 0.15) is 38.5 Å². The number of carbonyl (C=O) groups excluding carboxylic acids is 1. The molecule has 90 valence electrons. The maximum atomic E-state index is 11.8. The van der Waals surface area contributed by atoms with Crippen LogP contribution in [0.4, 0.5) is 0 Å². The maximum Gasteiger partial charge on any atom is 0.326 e. The Morgan fingerprint density at radius 3 is 2.50 bits per heavy atom. The normalized spacial score (nSPS) is 18.8. The Kier molecular flexibility index (Phi) is 5.02. The lowest BCUT2D eigenvalue weighted by Crippen LogP contribution is -2.43. The van der Waals surface area contributed by atoms with Crippen LogP contribution in [0.2, 0.25) is 0 Å². The number of amides is 1. The zero-order valence-corrected chi connectivity index (χ0v) is 9.45. The summed E-state index contributed by atoms with van der Waals surface area (Å²) < 4.78 is 0. The Labute approximate surface area is 95.7 Å². The number of carbonyl (C=O) groups is 2. The molecule has 16 heavy (non-hydrogen) atoms. The van der Waals surface area contributed by atoms with Gasteiger partial charge in [0, 0.05) is 5.92 Å². The smallest absolute Gasteiger partial charge is 0.326 e. The first-order chi connectivity index (χ1) is 7.65. The van der Waals surface area contributed by atoms with Crippen LogP contribution < -0.4 is 5.32 Å². The third-order valence-corrected chi connectivity index (χ3v) is 2.99. The second kappa shape index (κ2) is 6.30. The van der Waals surface area contributed by atoms with E-state index in [2.05, 4.69) is 11.9 Å². The molecule has 1 aliphatic rings. The Morgan fingerprint density at radius 1 is 1.38 bits per heavy atom. The van der Waals surface area contributed by atoms with Crippen molar-refractivity contribution in [3.05, 3.63) is 12.7 Å². The van der Waals surface area contributed by atoms with Crippen molar-refractivity contribution in [1.29, 1.82) is 0 Å². The third kappa shape index (κ3) is 3.68. The van der Waals surface area contributed by atoms with Crippen molar-refractivity contribution in [2.24, 2.45) is 5.92 Å². The van der Waals surface area contributed by atoms with Gasteiger partial charge in [-0.05, 0) is 19.3 Å². The first-order valence-electron chi connectivity index (χ1n) is 5.79. The molecular formula is C12H19NO3. The van der Waals surface area contributed by atoms with Crippen molar-refractivity contribution in [3.8, 4) is 0 Å². The SMILES string of the molecule is C=CC[C@@H](NC(=O)C1CCCCC1)C(=O)O. The van der Waals surface area contributed by atoms with Crippen LogP contribution in [0.3, 0.4) is 0 Å². The Balaban J connectivity index is 2.46. The molecule has 0 aliphatic heterocycles. The van der Waals surface area contributed by atoms with Crippen LogP contribution >= 0.6 is 0 Å². The van der Waals surface area contributed by atoms with E-state index < -0.39 is 12.0 Å². The van der Waals surface area contributed by atoms with E-state index in [4.69, 9.17) is 5.11 Å². The molecule has 0 spiro atoms. The molecule has 1 rings (SSSR count). The van der Waals surface area contributed by atoms with Crippen LogP contribution in [-0.4, -0.2) is 23.0 Å². The van der Waals surface area contributed by atoms with Gasteiger partial charge in [0.1, 0.15) is 6.04 Å². The first kappa shape index (κ1) is 12.7. The molecule has 0 aromatic carbocycles. The number of carboxylic acid groups (broad SMARTS) is 1. The number of carboxylic acids is 1. The fraction of sp³-hybridized carbons (Fsp3) is 0.667. The Hall–Kier alpha value is -1.32. The molecule has 0 aromatic rings. The highest BCUT2D eigenvalue weighted by atomic mass is 16.4. The first-order valence-corrected chi connectivity index (χ1v) is 5.79. The predicted octanol–water partition coefficient (Wildman–Crippen LogP) is 1.71. The summed E-state index contributed by atoms with van der Waals surface area (Å²) in [6.07, 6.45) is 6.86. The highest BCUT2D eigenvalue weighted by molar-refractivity contribution is 5.85. The van der Waals surface area contributed by atoms with E-state index in [1.807, 2.05) is 0 Å². The zero-order chi connectivity index (χ0) is 12.0. The average molecular weight is 225 g/mol. The lowest BCUT2D eigenvalue weighted by molar-refractivity contribution is -0.142. The number of hydrogen-bond donors (Lipinski definition) is 2. The molecule has 1 fully saturated rings. The van der Waals surface area contributed by atoms with Crippen LogP contribution in [0.25, 0.3) is 0 Å². The molecule has 0 aromatic heterocycles. The number of rotatable bonds is 5. The predicted molar refractivity (Wildman–Crippen MR) is 61.0 cm³/mol.